The first-order valence-electron chi connectivity index (χ1n) is 8.27. The molecule has 2 atom stereocenters. The highest BCUT2D eigenvalue weighted by Gasteiger charge is 2.25. The molecule has 2 heteroatoms. The molecule has 106 valence electrons. The number of nitrogens with one attached hydrogen (secondary N) is 1. The standard InChI is InChI=1S/C16H32N2/c1-3-7-16-12-17-14(2)13-18(16)11-10-15-8-5-4-6-9-15/h14-17H,3-13H2,1-2H3. The molecule has 2 nitrogen and oxygen atoms in total. The summed E-state index contributed by atoms with van der Waals surface area (Å²) in [6, 6.07) is 1.49. The van der Waals surface area contributed by atoms with Gasteiger partial charge in [-0.2, -0.15) is 0 Å². The number of hydrogen-bond donors (Lipinski definition) is 1. The molecule has 1 aliphatic carbocycles. The number of rotatable bonds is 5. The summed E-state index contributed by atoms with van der Waals surface area (Å²) < 4.78 is 0. The minimum absolute atomic E-state index is 0.685. The highest BCUT2D eigenvalue weighted by Crippen LogP contribution is 2.27. The minimum atomic E-state index is 0.685. The third-order valence-corrected chi connectivity index (χ3v) is 4.90. The SMILES string of the molecule is CCCC1CNC(C)CN1CCC1CCCCC1. The summed E-state index contributed by atoms with van der Waals surface area (Å²) in [6.45, 7) is 8.46. The van der Waals surface area contributed by atoms with Crippen LogP contribution < -0.4 is 5.32 Å². The van der Waals surface area contributed by atoms with Gasteiger partial charge in [0.25, 0.3) is 0 Å². The normalized spacial score (nSPS) is 31.7. The van der Waals surface area contributed by atoms with Crippen molar-refractivity contribution in [3.05, 3.63) is 0 Å². The van der Waals surface area contributed by atoms with Gasteiger partial charge >= 0.3 is 0 Å². The fraction of sp³-hybridized carbons (Fsp3) is 1.00. The Kier molecular flexibility index (Phi) is 5.97. The van der Waals surface area contributed by atoms with Gasteiger partial charge in [0.2, 0.25) is 0 Å². The van der Waals surface area contributed by atoms with E-state index in [0.717, 1.165) is 12.0 Å². The van der Waals surface area contributed by atoms with Crippen LogP contribution in [0.1, 0.15) is 65.2 Å². The first kappa shape index (κ1) is 14.3. The van der Waals surface area contributed by atoms with E-state index >= 15 is 0 Å². The Morgan fingerprint density at radius 3 is 2.61 bits per heavy atom. The molecule has 1 saturated carbocycles. The molecule has 2 rings (SSSR count). The van der Waals surface area contributed by atoms with Gasteiger partial charge in [0.1, 0.15) is 0 Å². The molecule has 1 saturated heterocycles. The highest BCUT2D eigenvalue weighted by molar-refractivity contribution is 4.84. The summed E-state index contributed by atoms with van der Waals surface area (Å²) >= 11 is 0. The molecule has 2 aliphatic rings. The van der Waals surface area contributed by atoms with Gasteiger partial charge in [-0.3, -0.25) is 4.90 Å². The number of nitrogens with zero attached hydrogens (tertiary/aromatic N) is 1. The Morgan fingerprint density at radius 1 is 1.11 bits per heavy atom. The van der Waals surface area contributed by atoms with Gasteiger partial charge in [-0.1, -0.05) is 45.4 Å². The predicted molar refractivity (Wildman–Crippen MR) is 78.9 cm³/mol. The van der Waals surface area contributed by atoms with E-state index in [1.165, 1.54) is 71.0 Å². The lowest BCUT2D eigenvalue weighted by Crippen LogP contribution is -2.55. The molecule has 18 heavy (non-hydrogen) atoms. The van der Waals surface area contributed by atoms with Gasteiger partial charge in [-0.25, -0.2) is 0 Å². The third kappa shape index (κ3) is 4.24. The van der Waals surface area contributed by atoms with Gasteiger partial charge in [0.15, 0.2) is 0 Å². The lowest BCUT2D eigenvalue weighted by atomic mass is 9.86. The van der Waals surface area contributed by atoms with Gasteiger partial charge in [0.05, 0.1) is 0 Å². The molecule has 1 N–H and O–H groups in total. The monoisotopic (exact) mass is 252 g/mol. The Labute approximate surface area is 114 Å². The molecule has 0 bridgehead atoms. The zero-order valence-electron chi connectivity index (χ0n) is 12.5. The zero-order valence-corrected chi connectivity index (χ0v) is 12.5. The van der Waals surface area contributed by atoms with Crippen LogP contribution in [0, 0.1) is 5.92 Å². The van der Waals surface area contributed by atoms with Crippen molar-refractivity contribution in [1.82, 2.24) is 10.2 Å². The zero-order chi connectivity index (χ0) is 12.8. The van der Waals surface area contributed by atoms with Crippen molar-refractivity contribution in [2.75, 3.05) is 19.6 Å². The highest BCUT2D eigenvalue weighted by atomic mass is 15.2. The Balaban J connectivity index is 1.76. The predicted octanol–water partition coefficient (Wildman–Crippen LogP) is 3.42. The summed E-state index contributed by atoms with van der Waals surface area (Å²) in [5.74, 6) is 1.03. The maximum atomic E-state index is 3.64. The van der Waals surface area contributed by atoms with Crippen molar-refractivity contribution in [3.8, 4) is 0 Å². The fourth-order valence-corrected chi connectivity index (χ4v) is 3.75. The van der Waals surface area contributed by atoms with Crippen molar-refractivity contribution < 1.29 is 0 Å². The molecule has 1 heterocycles. The Morgan fingerprint density at radius 2 is 1.89 bits per heavy atom. The average Bonchev–Trinajstić information content (AvgIpc) is 2.40. The van der Waals surface area contributed by atoms with Crippen molar-refractivity contribution >= 4 is 0 Å². The second kappa shape index (κ2) is 7.49. The molecule has 2 fully saturated rings. The van der Waals surface area contributed by atoms with E-state index in [1.807, 2.05) is 0 Å². The minimum Gasteiger partial charge on any atom is -0.311 e. The lowest BCUT2D eigenvalue weighted by molar-refractivity contribution is 0.116. The quantitative estimate of drug-likeness (QED) is 0.806. The van der Waals surface area contributed by atoms with Crippen LogP contribution in [0.4, 0.5) is 0 Å². The smallest absolute Gasteiger partial charge is 0.0221 e. The van der Waals surface area contributed by atoms with Crippen molar-refractivity contribution in [2.24, 2.45) is 5.92 Å². The van der Waals surface area contributed by atoms with Crippen LogP contribution >= 0.6 is 0 Å². The molecular weight excluding hydrogens is 220 g/mol. The summed E-state index contributed by atoms with van der Waals surface area (Å²) in [6.07, 6.45) is 11.6. The molecule has 0 spiro atoms. The van der Waals surface area contributed by atoms with E-state index in [4.69, 9.17) is 0 Å². The molecule has 0 amide bonds. The summed E-state index contributed by atoms with van der Waals surface area (Å²) in [5.41, 5.74) is 0. The van der Waals surface area contributed by atoms with Gasteiger partial charge in [-0.05, 0) is 32.2 Å². The van der Waals surface area contributed by atoms with Crippen molar-refractivity contribution in [1.29, 1.82) is 0 Å². The fourth-order valence-electron chi connectivity index (χ4n) is 3.75. The van der Waals surface area contributed by atoms with Crippen LogP contribution in [0.15, 0.2) is 0 Å². The second-order valence-electron chi connectivity index (χ2n) is 6.54. The third-order valence-electron chi connectivity index (χ3n) is 4.90. The first-order chi connectivity index (χ1) is 8.79. The van der Waals surface area contributed by atoms with Crippen LogP contribution in [0.2, 0.25) is 0 Å². The van der Waals surface area contributed by atoms with E-state index in [-0.39, 0.29) is 0 Å². The van der Waals surface area contributed by atoms with E-state index in [9.17, 15) is 0 Å². The first-order valence-corrected chi connectivity index (χ1v) is 8.27. The molecule has 0 radical (unpaired) electrons. The Bertz CT molecular complexity index is 223. The average molecular weight is 252 g/mol. The van der Waals surface area contributed by atoms with Crippen LogP contribution in [0.25, 0.3) is 0 Å². The maximum absolute atomic E-state index is 3.64. The number of hydrogen-bond acceptors (Lipinski definition) is 2. The molecule has 0 aromatic carbocycles. The van der Waals surface area contributed by atoms with Crippen LogP contribution in [-0.4, -0.2) is 36.6 Å². The van der Waals surface area contributed by atoms with E-state index in [2.05, 4.69) is 24.1 Å². The molecular formula is C16H32N2. The summed E-state index contributed by atoms with van der Waals surface area (Å²) in [5, 5.41) is 3.64. The van der Waals surface area contributed by atoms with Crippen LogP contribution in [0.3, 0.4) is 0 Å². The largest absolute Gasteiger partial charge is 0.311 e. The summed E-state index contributed by atoms with van der Waals surface area (Å²) in [7, 11) is 0. The number of piperazine rings is 1. The topological polar surface area (TPSA) is 15.3 Å². The van der Waals surface area contributed by atoms with Crippen LogP contribution in [0.5, 0.6) is 0 Å². The van der Waals surface area contributed by atoms with E-state index in [0.29, 0.717) is 6.04 Å². The lowest BCUT2D eigenvalue weighted by Gasteiger charge is -2.40. The molecule has 2 unspecified atom stereocenters. The molecule has 0 aromatic rings. The van der Waals surface area contributed by atoms with Crippen molar-refractivity contribution in [2.45, 2.75) is 77.3 Å². The van der Waals surface area contributed by atoms with Crippen LogP contribution in [-0.2, 0) is 0 Å². The van der Waals surface area contributed by atoms with E-state index < -0.39 is 0 Å². The molecule has 0 aromatic heterocycles. The molecule has 1 aliphatic heterocycles. The second-order valence-corrected chi connectivity index (χ2v) is 6.54. The Hall–Kier alpha value is -0.0800. The van der Waals surface area contributed by atoms with E-state index in [1.54, 1.807) is 0 Å². The maximum Gasteiger partial charge on any atom is 0.0221 e. The van der Waals surface area contributed by atoms with Gasteiger partial charge in [-0.15, -0.1) is 0 Å². The summed E-state index contributed by atoms with van der Waals surface area (Å²) in [4.78, 5) is 2.78. The van der Waals surface area contributed by atoms with Gasteiger partial charge < -0.3 is 5.32 Å². The van der Waals surface area contributed by atoms with Gasteiger partial charge in [0, 0.05) is 25.2 Å². The van der Waals surface area contributed by atoms with Crippen molar-refractivity contribution in [3.63, 3.8) is 0 Å².